The zero-order chi connectivity index (χ0) is 13.8. The highest BCUT2D eigenvalue weighted by Crippen LogP contribution is 2.20. The van der Waals surface area contributed by atoms with Gasteiger partial charge in [0, 0.05) is 19.4 Å². The van der Waals surface area contributed by atoms with Crippen molar-refractivity contribution in [2.75, 3.05) is 6.54 Å². The van der Waals surface area contributed by atoms with Gasteiger partial charge in [-0.2, -0.15) is 5.10 Å². The van der Waals surface area contributed by atoms with Crippen LogP contribution in [0.25, 0.3) is 0 Å². The Labute approximate surface area is 114 Å². The fraction of sp³-hybridized carbons (Fsp3) is 0.467. The molecule has 19 heavy (non-hydrogen) atoms. The molecule has 2 heterocycles. The molecular weight excluding hydrogens is 236 g/mol. The van der Waals surface area contributed by atoms with Gasteiger partial charge in [0.15, 0.2) is 0 Å². The monoisotopic (exact) mass is 258 g/mol. The first-order valence-electron chi connectivity index (χ1n) is 6.74. The van der Waals surface area contributed by atoms with E-state index in [1.165, 1.54) is 16.7 Å². The minimum atomic E-state index is 0.245. The maximum absolute atomic E-state index is 4.61. The van der Waals surface area contributed by atoms with Crippen molar-refractivity contribution in [3.63, 3.8) is 0 Å². The van der Waals surface area contributed by atoms with Crippen LogP contribution in [-0.2, 0) is 13.5 Å². The number of rotatable bonds is 5. The summed E-state index contributed by atoms with van der Waals surface area (Å²) in [5.41, 5.74) is 4.82. The van der Waals surface area contributed by atoms with Crippen molar-refractivity contribution in [2.24, 2.45) is 7.05 Å². The van der Waals surface area contributed by atoms with E-state index in [9.17, 15) is 0 Å². The molecule has 1 unspecified atom stereocenters. The van der Waals surface area contributed by atoms with Crippen molar-refractivity contribution < 1.29 is 0 Å². The van der Waals surface area contributed by atoms with Gasteiger partial charge in [-0.1, -0.05) is 13.0 Å². The number of nitrogens with one attached hydrogen (secondary N) is 1. The third-order valence-electron chi connectivity index (χ3n) is 3.23. The van der Waals surface area contributed by atoms with E-state index in [1.54, 1.807) is 0 Å². The van der Waals surface area contributed by atoms with Gasteiger partial charge in [0.25, 0.3) is 0 Å². The number of aromatic nitrogens is 3. The number of hydrogen-bond acceptors (Lipinski definition) is 3. The van der Waals surface area contributed by atoms with E-state index in [1.807, 2.05) is 24.1 Å². The lowest BCUT2D eigenvalue weighted by Gasteiger charge is -2.19. The Morgan fingerprint density at radius 2 is 2.11 bits per heavy atom. The summed E-state index contributed by atoms with van der Waals surface area (Å²) in [6, 6.07) is 2.44. The summed E-state index contributed by atoms with van der Waals surface area (Å²) >= 11 is 0. The van der Waals surface area contributed by atoms with Crippen LogP contribution >= 0.6 is 0 Å². The third-order valence-corrected chi connectivity index (χ3v) is 3.23. The number of nitrogens with zero attached hydrogens (tertiary/aromatic N) is 3. The van der Waals surface area contributed by atoms with Gasteiger partial charge < -0.3 is 5.32 Å². The minimum Gasteiger partial charge on any atom is -0.309 e. The molecule has 0 spiro atoms. The number of likely N-dealkylation sites (N-methyl/N-ethyl adjacent to an activating group) is 1. The van der Waals surface area contributed by atoms with Crippen molar-refractivity contribution in [1.29, 1.82) is 0 Å². The van der Waals surface area contributed by atoms with Crippen molar-refractivity contribution in [2.45, 2.75) is 33.2 Å². The van der Waals surface area contributed by atoms with Gasteiger partial charge in [-0.05, 0) is 43.5 Å². The molecule has 0 aliphatic carbocycles. The standard InChI is InChI=1S/C15H22N4/c1-5-16-14(7-13-9-18-19(4)10-13)15-12(3)6-11(2)8-17-15/h6,8-10,14,16H,5,7H2,1-4H3. The second kappa shape index (κ2) is 5.97. The van der Waals surface area contributed by atoms with Gasteiger partial charge in [0.1, 0.15) is 0 Å². The summed E-state index contributed by atoms with van der Waals surface area (Å²) in [6.45, 7) is 7.26. The molecule has 4 heteroatoms. The number of pyridine rings is 1. The molecule has 0 fully saturated rings. The summed E-state index contributed by atoms with van der Waals surface area (Å²) < 4.78 is 1.84. The lowest BCUT2D eigenvalue weighted by molar-refractivity contribution is 0.533. The molecule has 0 aromatic carbocycles. The predicted octanol–water partition coefficient (Wildman–Crippen LogP) is 2.33. The first kappa shape index (κ1) is 13.7. The second-order valence-electron chi connectivity index (χ2n) is 5.05. The Balaban J connectivity index is 2.23. The van der Waals surface area contributed by atoms with Gasteiger partial charge in [0.2, 0.25) is 0 Å². The number of aryl methyl sites for hydroxylation is 3. The van der Waals surface area contributed by atoms with Gasteiger partial charge in [-0.3, -0.25) is 9.67 Å². The molecule has 0 saturated carbocycles. The van der Waals surface area contributed by atoms with Gasteiger partial charge >= 0.3 is 0 Å². The highest BCUT2D eigenvalue weighted by molar-refractivity contribution is 5.27. The number of hydrogen-bond donors (Lipinski definition) is 1. The van der Waals surface area contributed by atoms with Crippen LogP contribution in [0.2, 0.25) is 0 Å². The van der Waals surface area contributed by atoms with E-state index < -0.39 is 0 Å². The molecule has 0 amide bonds. The summed E-state index contributed by atoms with van der Waals surface area (Å²) in [5, 5.41) is 7.75. The van der Waals surface area contributed by atoms with Crippen LogP contribution in [0.5, 0.6) is 0 Å². The van der Waals surface area contributed by atoms with E-state index >= 15 is 0 Å². The van der Waals surface area contributed by atoms with Crippen LogP contribution in [0.3, 0.4) is 0 Å². The van der Waals surface area contributed by atoms with E-state index in [2.05, 4.69) is 48.4 Å². The first-order valence-corrected chi connectivity index (χ1v) is 6.74. The lowest BCUT2D eigenvalue weighted by atomic mass is 10.0. The summed E-state index contributed by atoms with van der Waals surface area (Å²) in [5.74, 6) is 0. The van der Waals surface area contributed by atoms with E-state index in [-0.39, 0.29) is 6.04 Å². The van der Waals surface area contributed by atoms with E-state index in [0.29, 0.717) is 0 Å². The van der Waals surface area contributed by atoms with Crippen molar-refractivity contribution in [1.82, 2.24) is 20.1 Å². The molecule has 1 atom stereocenters. The maximum Gasteiger partial charge on any atom is 0.0605 e. The zero-order valence-corrected chi connectivity index (χ0v) is 12.1. The summed E-state index contributed by atoms with van der Waals surface area (Å²) in [6.07, 6.45) is 6.84. The molecule has 4 nitrogen and oxygen atoms in total. The average Bonchev–Trinajstić information content (AvgIpc) is 2.74. The Kier molecular flexibility index (Phi) is 4.32. The van der Waals surface area contributed by atoms with Crippen LogP contribution in [0.1, 0.15) is 35.3 Å². The molecule has 0 saturated heterocycles. The Hall–Kier alpha value is -1.68. The van der Waals surface area contributed by atoms with Gasteiger partial charge in [0.05, 0.1) is 17.9 Å². The van der Waals surface area contributed by atoms with Crippen molar-refractivity contribution in [3.05, 3.63) is 47.0 Å². The molecule has 2 aromatic rings. The zero-order valence-electron chi connectivity index (χ0n) is 12.1. The quantitative estimate of drug-likeness (QED) is 0.895. The molecule has 2 aromatic heterocycles. The summed E-state index contributed by atoms with van der Waals surface area (Å²) in [4.78, 5) is 4.61. The second-order valence-corrected chi connectivity index (χ2v) is 5.05. The van der Waals surface area contributed by atoms with Crippen LogP contribution < -0.4 is 5.32 Å². The van der Waals surface area contributed by atoms with E-state index in [4.69, 9.17) is 0 Å². The molecule has 0 aliphatic rings. The third kappa shape index (κ3) is 3.41. The lowest BCUT2D eigenvalue weighted by Crippen LogP contribution is -2.24. The average molecular weight is 258 g/mol. The van der Waals surface area contributed by atoms with Crippen molar-refractivity contribution in [3.8, 4) is 0 Å². The Morgan fingerprint density at radius 3 is 2.68 bits per heavy atom. The summed E-state index contributed by atoms with van der Waals surface area (Å²) in [7, 11) is 1.95. The Bertz CT molecular complexity index is 545. The SMILES string of the molecule is CCNC(Cc1cnn(C)c1)c1ncc(C)cc1C. The Morgan fingerprint density at radius 1 is 1.32 bits per heavy atom. The van der Waals surface area contributed by atoms with Crippen LogP contribution in [-0.4, -0.2) is 21.3 Å². The molecule has 2 rings (SSSR count). The molecular formula is C15H22N4. The smallest absolute Gasteiger partial charge is 0.0605 e. The fourth-order valence-electron chi connectivity index (χ4n) is 2.42. The van der Waals surface area contributed by atoms with Crippen molar-refractivity contribution >= 4 is 0 Å². The predicted molar refractivity (Wildman–Crippen MR) is 77.0 cm³/mol. The molecule has 102 valence electrons. The van der Waals surface area contributed by atoms with Gasteiger partial charge in [-0.15, -0.1) is 0 Å². The minimum absolute atomic E-state index is 0.245. The molecule has 0 bridgehead atoms. The highest BCUT2D eigenvalue weighted by atomic mass is 15.2. The topological polar surface area (TPSA) is 42.7 Å². The normalized spacial score (nSPS) is 12.6. The first-order chi connectivity index (χ1) is 9.10. The van der Waals surface area contributed by atoms with E-state index in [0.717, 1.165) is 18.7 Å². The van der Waals surface area contributed by atoms with Gasteiger partial charge in [-0.25, -0.2) is 0 Å². The largest absolute Gasteiger partial charge is 0.309 e. The maximum atomic E-state index is 4.61. The van der Waals surface area contributed by atoms with Crippen LogP contribution in [0, 0.1) is 13.8 Å². The molecule has 0 aliphatic heterocycles. The molecule has 0 radical (unpaired) electrons. The molecule has 1 N–H and O–H groups in total. The van der Waals surface area contributed by atoms with Crippen LogP contribution in [0.4, 0.5) is 0 Å². The fourth-order valence-corrected chi connectivity index (χ4v) is 2.42. The highest BCUT2D eigenvalue weighted by Gasteiger charge is 2.15. The van der Waals surface area contributed by atoms with Crippen LogP contribution in [0.15, 0.2) is 24.7 Å².